The second-order valence-corrected chi connectivity index (χ2v) is 2.39. The summed E-state index contributed by atoms with van der Waals surface area (Å²) in [5.74, 6) is -1.89. The van der Waals surface area contributed by atoms with Gasteiger partial charge < -0.3 is 0 Å². The van der Waals surface area contributed by atoms with Crippen LogP contribution in [0.4, 0.5) is 13.2 Å². The zero-order valence-corrected chi connectivity index (χ0v) is 6.73. The van der Waals surface area contributed by atoms with Crippen molar-refractivity contribution in [1.82, 2.24) is 5.48 Å². The van der Waals surface area contributed by atoms with Crippen LogP contribution in [0, 0.1) is 5.92 Å². The molecule has 1 amide bonds. The highest BCUT2D eigenvalue weighted by Crippen LogP contribution is 2.24. The molecule has 12 heavy (non-hydrogen) atoms. The number of halogens is 3. The van der Waals surface area contributed by atoms with Crippen LogP contribution in [0.1, 0.15) is 13.3 Å². The maximum atomic E-state index is 11.7. The largest absolute Gasteiger partial charge is 0.389 e. The van der Waals surface area contributed by atoms with Crippen molar-refractivity contribution in [2.75, 3.05) is 7.11 Å². The number of hydrogen-bond acceptors (Lipinski definition) is 2. The summed E-state index contributed by atoms with van der Waals surface area (Å²) in [6, 6.07) is 0. The standard InChI is InChI=1S/C6H10F3NO2/c1-4(3-6(7,8)9)5(11)10-12-2/h4H,3H2,1-2H3,(H,10,11). The molecule has 0 aliphatic heterocycles. The number of amides is 1. The molecule has 0 aliphatic carbocycles. The van der Waals surface area contributed by atoms with E-state index >= 15 is 0 Å². The minimum atomic E-state index is -4.31. The minimum Gasteiger partial charge on any atom is -0.277 e. The third kappa shape index (κ3) is 4.95. The van der Waals surface area contributed by atoms with Crippen molar-refractivity contribution in [3.63, 3.8) is 0 Å². The molecule has 0 rings (SSSR count). The molecule has 0 saturated heterocycles. The number of hydroxylamine groups is 1. The lowest BCUT2D eigenvalue weighted by atomic mass is 10.1. The first-order valence-corrected chi connectivity index (χ1v) is 3.26. The second-order valence-electron chi connectivity index (χ2n) is 2.39. The molecule has 0 radical (unpaired) electrons. The van der Waals surface area contributed by atoms with E-state index < -0.39 is 24.4 Å². The average Bonchev–Trinajstić information content (AvgIpc) is 1.84. The Balaban J connectivity index is 3.87. The van der Waals surface area contributed by atoms with Gasteiger partial charge in [-0.25, -0.2) is 5.48 Å². The summed E-state index contributed by atoms with van der Waals surface area (Å²) in [5, 5.41) is 0. The lowest BCUT2D eigenvalue weighted by Gasteiger charge is -2.12. The van der Waals surface area contributed by atoms with E-state index in [-0.39, 0.29) is 0 Å². The number of carbonyl (C=O) groups is 1. The van der Waals surface area contributed by atoms with Crippen LogP contribution in [0.2, 0.25) is 0 Å². The summed E-state index contributed by atoms with van der Waals surface area (Å²) in [6.45, 7) is 1.18. The third-order valence-electron chi connectivity index (χ3n) is 1.19. The number of carbonyl (C=O) groups excluding carboxylic acids is 1. The topological polar surface area (TPSA) is 38.3 Å². The molecule has 1 atom stereocenters. The molecule has 1 N–H and O–H groups in total. The van der Waals surface area contributed by atoms with E-state index in [4.69, 9.17) is 0 Å². The summed E-state index contributed by atoms with van der Waals surface area (Å²) in [4.78, 5) is 14.9. The maximum Gasteiger partial charge on any atom is 0.389 e. The molecule has 3 nitrogen and oxygen atoms in total. The number of nitrogens with one attached hydrogen (secondary N) is 1. The van der Waals surface area contributed by atoms with Gasteiger partial charge in [-0.3, -0.25) is 9.63 Å². The quantitative estimate of drug-likeness (QED) is 0.672. The highest BCUT2D eigenvalue weighted by molar-refractivity contribution is 5.77. The molecule has 0 heterocycles. The molecule has 0 aliphatic rings. The summed E-state index contributed by atoms with van der Waals surface area (Å²) >= 11 is 0. The number of hydrogen-bond donors (Lipinski definition) is 1. The lowest BCUT2D eigenvalue weighted by Crippen LogP contribution is -2.31. The van der Waals surface area contributed by atoms with E-state index in [0.29, 0.717) is 0 Å². The van der Waals surface area contributed by atoms with Gasteiger partial charge in [-0.2, -0.15) is 13.2 Å². The van der Waals surface area contributed by atoms with Crippen molar-refractivity contribution in [1.29, 1.82) is 0 Å². The minimum absolute atomic E-state index is 0.769. The van der Waals surface area contributed by atoms with Crippen LogP contribution >= 0.6 is 0 Å². The number of alkyl halides is 3. The Bertz CT molecular complexity index is 157. The fourth-order valence-electron chi connectivity index (χ4n) is 0.641. The van der Waals surface area contributed by atoms with Crippen molar-refractivity contribution < 1.29 is 22.8 Å². The van der Waals surface area contributed by atoms with Gasteiger partial charge in [-0.05, 0) is 0 Å². The van der Waals surface area contributed by atoms with Crippen LogP contribution in [0.5, 0.6) is 0 Å². The molecule has 0 saturated carbocycles. The number of rotatable bonds is 3. The summed E-state index contributed by atoms with van der Waals surface area (Å²) < 4.78 is 35.1. The molecule has 0 fully saturated rings. The van der Waals surface area contributed by atoms with Crippen LogP contribution < -0.4 is 5.48 Å². The SMILES string of the molecule is CONC(=O)C(C)CC(F)(F)F. The average molecular weight is 185 g/mol. The van der Waals surface area contributed by atoms with E-state index in [9.17, 15) is 18.0 Å². The van der Waals surface area contributed by atoms with Gasteiger partial charge in [0.1, 0.15) is 0 Å². The first-order valence-electron chi connectivity index (χ1n) is 3.26. The zero-order chi connectivity index (χ0) is 9.78. The van der Waals surface area contributed by atoms with Crippen molar-refractivity contribution in [2.24, 2.45) is 5.92 Å². The predicted molar refractivity (Wildman–Crippen MR) is 35.0 cm³/mol. The fraction of sp³-hybridized carbons (Fsp3) is 0.833. The van der Waals surface area contributed by atoms with Gasteiger partial charge in [-0.1, -0.05) is 6.92 Å². The first-order chi connectivity index (χ1) is 5.37. The lowest BCUT2D eigenvalue weighted by molar-refractivity contribution is -0.157. The van der Waals surface area contributed by atoms with Gasteiger partial charge in [0.25, 0.3) is 0 Å². The van der Waals surface area contributed by atoms with E-state index in [2.05, 4.69) is 4.84 Å². The van der Waals surface area contributed by atoms with Crippen molar-refractivity contribution >= 4 is 5.91 Å². The summed E-state index contributed by atoms with van der Waals surface area (Å²) in [7, 11) is 1.16. The Morgan fingerprint density at radius 1 is 1.58 bits per heavy atom. The molecule has 0 aromatic carbocycles. The molecular weight excluding hydrogens is 175 g/mol. The third-order valence-corrected chi connectivity index (χ3v) is 1.19. The van der Waals surface area contributed by atoms with Gasteiger partial charge in [0.15, 0.2) is 0 Å². The van der Waals surface area contributed by atoms with E-state index in [1.54, 1.807) is 0 Å². The Kier molecular flexibility index (Phi) is 4.02. The fourth-order valence-corrected chi connectivity index (χ4v) is 0.641. The molecule has 0 spiro atoms. The Morgan fingerprint density at radius 3 is 2.42 bits per heavy atom. The molecule has 0 bridgehead atoms. The van der Waals surface area contributed by atoms with Crippen molar-refractivity contribution in [3.05, 3.63) is 0 Å². The van der Waals surface area contributed by atoms with Gasteiger partial charge in [0, 0.05) is 5.92 Å². The normalized spacial score (nSPS) is 14.1. The van der Waals surface area contributed by atoms with Crippen LogP contribution in [-0.2, 0) is 9.63 Å². The van der Waals surface area contributed by atoms with Crippen LogP contribution in [0.15, 0.2) is 0 Å². The maximum absolute atomic E-state index is 11.7. The van der Waals surface area contributed by atoms with Crippen LogP contribution in [-0.4, -0.2) is 19.2 Å². The highest BCUT2D eigenvalue weighted by atomic mass is 19.4. The van der Waals surface area contributed by atoms with Crippen molar-refractivity contribution in [2.45, 2.75) is 19.5 Å². The molecule has 0 aromatic heterocycles. The second kappa shape index (κ2) is 4.30. The highest BCUT2D eigenvalue weighted by Gasteiger charge is 2.32. The van der Waals surface area contributed by atoms with E-state index in [1.165, 1.54) is 6.92 Å². The Hall–Kier alpha value is -0.780. The molecular formula is C6H10F3NO2. The smallest absolute Gasteiger partial charge is 0.277 e. The first kappa shape index (κ1) is 11.2. The van der Waals surface area contributed by atoms with Crippen LogP contribution in [0.3, 0.4) is 0 Å². The van der Waals surface area contributed by atoms with Gasteiger partial charge >= 0.3 is 6.18 Å². The Labute approximate surface area is 67.8 Å². The van der Waals surface area contributed by atoms with Gasteiger partial charge in [0.05, 0.1) is 13.5 Å². The summed E-state index contributed by atoms with van der Waals surface area (Å²) in [5.41, 5.74) is 1.83. The molecule has 72 valence electrons. The van der Waals surface area contributed by atoms with E-state index in [1.807, 2.05) is 5.48 Å². The van der Waals surface area contributed by atoms with Crippen molar-refractivity contribution in [3.8, 4) is 0 Å². The van der Waals surface area contributed by atoms with Crippen LogP contribution in [0.25, 0.3) is 0 Å². The molecule has 0 aromatic rings. The van der Waals surface area contributed by atoms with E-state index in [0.717, 1.165) is 7.11 Å². The van der Waals surface area contributed by atoms with Gasteiger partial charge in [-0.15, -0.1) is 0 Å². The zero-order valence-electron chi connectivity index (χ0n) is 6.73. The summed E-state index contributed by atoms with van der Waals surface area (Å²) in [6.07, 6.45) is -5.45. The Morgan fingerprint density at radius 2 is 2.08 bits per heavy atom. The molecule has 6 heteroatoms. The molecule has 1 unspecified atom stereocenters. The monoisotopic (exact) mass is 185 g/mol. The predicted octanol–water partition coefficient (Wildman–Crippen LogP) is 1.25. The van der Waals surface area contributed by atoms with Gasteiger partial charge in [0.2, 0.25) is 5.91 Å².